The number of amides is 1. The highest BCUT2D eigenvalue weighted by Crippen LogP contribution is 2.43. The minimum atomic E-state index is -0.453. The summed E-state index contributed by atoms with van der Waals surface area (Å²) in [5, 5.41) is 0. The molecule has 0 aliphatic carbocycles. The number of likely N-dealkylation sites (tertiary alicyclic amines) is 1. The van der Waals surface area contributed by atoms with Gasteiger partial charge in [0.25, 0.3) is 5.91 Å². The summed E-state index contributed by atoms with van der Waals surface area (Å²) in [5.41, 5.74) is 1.36. The van der Waals surface area contributed by atoms with E-state index in [-0.39, 0.29) is 18.0 Å². The van der Waals surface area contributed by atoms with Crippen LogP contribution in [0.25, 0.3) is 0 Å². The Balaban J connectivity index is 1.23. The molecule has 1 unspecified atom stereocenters. The highest BCUT2D eigenvalue weighted by Gasteiger charge is 2.50. The standard InChI is InChI=1S/C22H25N3O4/c26-20(17-3-4-19-16(12-17)2-1-11-28-19)25-8-5-22(6-9-25)13-18(29-21(22)27)14-24-10-7-23-15-24/h3-4,7,10,12,15,18H,1-2,5-6,8-9,11,13-14H2. The number of carbonyl (C=O) groups is 2. The lowest BCUT2D eigenvalue weighted by atomic mass is 9.76. The van der Waals surface area contributed by atoms with Crippen molar-refractivity contribution in [1.82, 2.24) is 14.5 Å². The van der Waals surface area contributed by atoms with E-state index in [0.29, 0.717) is 44.5 Å². The topological polar surface area (TPSA) is 73.7 Å². The minimum Gasteiger partial charge on any atom is -0.493 e. The van der Waals surface area contributed by atoms with Gasteiger partial charge in [0.1, 0.15) is 11.9 Å². The zero-order valence-electron chi connectivity index (χ0n) is 16.4. The van der Waals surface area contributed by atoms with Crippen molar-refractivity contribution in [3.8, 4) is 5.75 Å². The summed E-state index contributed by atoms with van der Waals surface area (Å²) in [6.07, 6.45) is 9.18. The third kappa shape index (κ3) is 3.39. The van der Waals surface area contributed by atoms with Gasteiger partial charge in [0, 0.05) is 37.5 Å². The minimum absolute atomic E-state index is 0.0366. The molecule has 0 N–H and O–H groups in total. The van der Waals surface area contributed by atoms with E-state index < -0.39 is 5.41 Å². The van der Waals surface area contributed by atoms with Crippen LogP contribution in [-0.2, 0) is 22.5 Å². The molecule has 152 valence electrons. The number of nitrogens with zero attached hydrogens (tertiary/aromatic N) is 3. The average molecular weight is 395 g/mol. The Kier molecular flexibility index (Phi) is 4.53. The Labute approximate surface area is 169 Å². The molecule has 2 fully saturated rings. The van der Waals surface area contributed by atoms with Crippen molar-refractivity contribution in [3.05, 3.63) is 48.0 Å². The van der Waals surface area contributed by atoms with Gasteiger partial charge in [-0.3, -0.25) is 9.59 Å². The molecule has 7 nitrogen and oxygen atoms in total. The fourth-order valence-electron chi connectivity index (χ4n) is 4.79. The van der Waals surface area contributed by atoms with Gasteiger partial charge >= 0.3 is 5.97 Å². The second-order valence-corrected chi connectivity index (χ2v) is 8.34. The van der Waals surface area contributed by atoms with E-state index >= 15 is 0 Å². The maximum Gasteiger partial charge on any atom is 0.312 e. The number of carbonyl (C=O) groups excluding carboxylic acids is 2. The summed E-state index contributed by atoms with van der Waals surface area (Å²) in [5.74, 6) is 0.818. The number of imidazole rings is 1. The first-order valence-electron chi connectivity index (χ1n) is 10.3. The van der Waals surface area contributed by atoms with Crippen LogP contribution in [0.5, 0.6) is 5.75 Å². The van der Waals surface area contributed by atoms with Crippen molar-refractivity contribution in [3.63, 3.8) is 0 Å². The Hall–Kier alpha value is -2.83. The van der Waals surface area contributed by atoms with Crippen molar-refractivity contribution < 1.29 is 19.1 Å². The second-order valence-electron chi connectivity index (χ2n) is 8.34. The molecule has 3 aliphatic rings. The maximum absolute atomic E-state index is 13.0. The number of piperidine rings is 1. The zero-order chi connectivity index (χ0) is 19.8. The van der Waals surface area contributed by atoms with Gasteiger partial charge in [-0.2, -0.15) is 0 Å². The Morgan fingerprint density at radius 3 is 2.93 bits per heavy atom. The van der Waals surface area contributed by atoms with Gasteiger partial charge in [-0.1, -0.05) is 0 Å². The summed E-state index contributed by atoms with van der Waals surface area (Å²) in [6.45, 7) is 2.54. The molecular formula is C22H25N3O4. The summed E-state index contributed by atoms with van der Waals surface area (Å²) >= 11 is 0. The number of benzene rings is 1. The van der Waals surface area contributed by atoms with Crippen molar-refractivity contribution in [2.45, 2.75) is 44.8 Å². The smallest absolute Gasteiger partial charge is 0.312 e. The summed E-state index contributed by atoms with van der Waals surface area (Å²) in [7, 11) is 0. The van der Waals surface area contributed by atoms with E-state index in [1.807, 2.05) is 33.9 Å². The number of rotatable bonds is 3. The first-order valence-corrected chi connectivity index (χ1v) is 10.3. The fourth-order valence-corrected chi connectivity index (χ4v) is 4.79. The lowest BCUT2D eigenvalue weighted by Gasteiger charge is -2.36. The molecule has 0 radical (unpaired) electrons. The molecule has 1 aromatic carbocycles. The molecule has 1 amide bonds. The molecule has 1 atom stereocenters. The van der Waals surface area contributed by atoms with Crippen LogP contribution in [-0.4, -0.2) is 52.1 Å². The second kappa shape index (κ2) is 7.21. The fraction of sp³-hybridized carbons (Fsp3) is 0.500. The number of hydrogen-bond donors (Lipinski definition) is 0. The molecule has 2 saturated heterocycles. The predicted octanol–water partition coefficient (Wildman–Crippen LogP) is 2.45. The average Bonchev–Trinajstić information content (AvgIpc) is 3.36. The largest absolute Gasteiger partial charge is 0.493 e. The van der Waals surface area contributed by atoms with Crippen molar-refractivity contribution in [2.75, 3.05) is 19.7 Å². The number of hydrogen-bond acceptors (Lipinski definition) is 5. The van der Waals surface area contributed by atoms with Gasteiger partial charge < -0.3 is 18.9 Å². The molecule has 5 rings (SSSR count). The van der Waals surface area contributed by atoms with E-state index in [0.717, 1.165) is 30.8 Å². The van der Waals surface area contributed by atoms with Crippen molar-refractivity contribution >= 4 is 11.9 Å². The zero-order valence-corrected chi connectivity index (χ0v) is 16.4. The quantitative estimate of drug-likeness (QED) is 0.747. The number of aromatic nitrogens is 2. The molecule has 0 bridgehead atoms. The lowest BCUT2D eigenvalue weighted by Crippen LogP contribution is -2.45. The first-order chi connectivity index (χ1) is 14.1. The third-order valence-corrected chi connectivity index (χ3v) is 6.46. The van der Waals surface area contributed by atoms with Gasteiger partial charge in [-0.15, -0.1) is 0 Å². The number of cyclic esters (lactones) is 1. The van der Waals surface area contributed by atoms with Crippen LogP contribution in [0.4, 0.5) is 0 Å². The first kappa shape index (κ1) is 18.2. The Morgan fingerprint density at radius 2 is 2.14 bits per heavy atom. The normalized spacial score (nSPS) is 22.8. The van der Waals surface area contributed by atoms with Crippen LogP contribution in [0, 0.1) is 5.41 Å². The molecule has 1 aromatic heterocycles. The summed E-state index contributed by atoms with van der Waals surface area (Å²) in [6, 6.07) is 5.72. The van der Waals surface area contributed by atoms with Crippen molar-refractivity contribution in [2.24, 2.45) is 5.41 Å². The van der Waals surface area contributed by atoms with Gasteiger partial charge in [0.15, 0.2) is 0 Å². The summed E-state index contributed by atoms with van der Waals surface area (Å²) in [4.78, 5) is 31.5. The Morgan fingerprint density at radius 1 is 1.28 bits per heavy atom. The van der Waals surface area contributed by atoms with Crippen molar-refractivity contribution in [1.29, 1.82) is 0 Å². The van der Waals surface area contributed by atoms with E-state index in [1.165, 1.54) is 0 Å². The van der Waals surface area contributed by atoms with E-state index in [1.54, 1.807) is 12.5 Å². The molecular weight excluding hydrogens is 370 g/mol. The van der Waals surface area contributed by atoms with Gasteiger partial charge in [-0.05, 0) is 49.4 Å². The predicted molar refractivity (Wildman–Crippen MR) is 105 cm³/mol. The molecule has 0 saturated carbocycles. The van der Waals surface area contributed by atoms with Gasteiger partial charge in [0.2, 0.25) is 0 Å². The van der Waals surface area contributed by atoms with E-state index in [2.05, 4.69) is 4.98 Å². The van der Waals surface area contributed by atoms with E-state index in [9.17, 15) is 9.59 Å². The molecule has 4 heterocycles. The highest BCUT2D eigenvalue weighted by atomic mass is 16.6. The van der Waals surface area contributed by atoms with Crippen LogP contribution >= 0.6 is 0 Å². The number of fused-ring (bicyclic) bond motifs is 1. The Bertz CT molecular complexity index is 916. The highest BCUT2D eigenvalue weighted by molar-refractivity contribution is 5.95. The SMILES string of the molecule is O=C(c1ccc2c(c1)CCCO2)N1CCC2(CC1)CC(Cn1ccnc1)OC2=O. The molecule has 7 heteroatoms. The third-order valence-electron chi connectivity index (χ3n) is 6.46. The summed E-state index contributed by atoms with van der Waals surface area (Å²) < 4.78 is 13.2. The molecule has 29 heavy (non-hydrogen) atoms. The lowest BCUT2D eigenvalue weighted by molar-refractivity contribution is -0.150. The van der Waals surface area contributed by atoms with Crippen LogP contribution in [0.3, 0.4) is 0 Å². The van der Waals surface area contributed by atoms with Crippen LogP contribution in [0.15, 0.2) is 36.9 Å². The van der Waals surface area contributed by atoms with E-state index in [4.69, 9.17) is 9.47 Å². The number of ether oxygens (including phenoxy) is 2. The molecule has 3 aliphatic heterocycles. The van der Waals surface area contributed by atoms with Gasteiger partial charge in [0.05, 0.1) is 24.9 Å². The van der Waals surface area contributed by atoms with Gasteiger partial charge in [-0.25, -0.2) is 4.98 Å². The number of aryl methyl sites for hydroxylation is 1. The van der Waals surface area contributed by atoms with Crippen LogP contribution < -0.4 is 4.74 Å². The molecule has 2 aromatic rings. The van der Waals surface area contributed by atoms with Crippen LogP contribution in [0.2, 0.25) is 0 Å². The molecule has 1 spiro atoms. The maximum atomic E-state index is 13.0. The number of esters is 1. The van der Waals surface area contributed by atoms with Crippen LogP contribution in [0.1, 0.15) is 41.6 Å². The monoisotopic (exact) mass is 395 g/mol.